The number of rotatable bonds is 8. The molecule has 0 unspecified atom stereocenters. The molecule has 0 bridgehead atoms. The summed E-state index contributed by atoms with van der Waals surface area (Å²) in [5.41, 5.74) is 3.38. The Balaban J connectivity index is 1.20. The van der Waals surface area contributed by atoms with Crippen molar-refractivity contribution < 1.29 is 9.47 Å². The van der Waals surface area contributed by atoms with Gasteiger partial charge in [-0.3, -0.25) is 0 Å². The van der Waals surface area contributed by atoms with Crippen LogP contribution in [0.2, 0.25) is 0 Å². The highest BCUT2D eigenvalue weighted by Gasteiger charge is 2.21. The van der Waals surface area contributed by atoms with E-state index in [0.717, 1.165) is 61.2 Å². The van der Waals surface area contributed by atoms with E-state index < -0.39 is 0 Å². The van der Waals surface area contributed by atoms with Crippen LogP contribution in [0.3, 0.4) is 0 Å². The van der Waals surface area contributed by atoms with Crippen molar-refractivity contribution in [3.8, 4) is 11.5 Å². The molecular weight excluding hydrogens is 454 g/mol. The van der Waals surface area contributed by atoms with E-state index >= 15 is 0 Å². The molecule has 2 aromatic carbocycles. The summed E-state index contributed by atoms with van der Waals surface area (Å²) in [6.45, 7) is 3.16. The van der Waals surface area contributed by atoms with Gasteiger partial charge < -0.3 is 19.3 Å². The molecule has 184 valence electrons. The Morgan fingerprint density at radius 1 is 0.667 bits per heavy atom. The Labute approximate surface area is 210 Å². The Morgan fingerprint density at radius 2 is 1.31 bits per heavy atom. The van der Waals surface area contributed by atoms with Crippen LogP contribution in [0.5, 0.6) is 11.5 Å². The van der Waals surface area contributed by atoms with Crippen LogP contribution >= 0.6 is 0 Å². The number of hydrogen-bond acceptors (Lipinski definition) is 9. The van der Waals surface area contributed by atoms with Gasteiger partial charge in [-0.2, -0.15) is 4.98 Å². The standard InChI is InChI=1S/C27H29N7O2/c1-35-23-13-21(14-24(16-23)36-2)15-25-30-19-31-27(32-25)34-10-8-33(9-11-34)26-28-17-22(18-29-26)12-20-6-4-3-5-7-20/h3-7,13-14,16-19H,8-12,15H2,1-2H3. The first-order valence-electron chi connectivity index (χ1n) is 11.9. The minimum absolute atomic E-state index is 0.562. The number of nitrogens with zero attached hydrogens (tertiary/aromatic N) is 7. The van der Waals surface area contributed by atoms with E-state index in [1.54, 1.807) is 20.5 Å². The predicted octanol–water partition coefficient (Wildman–Crippen LogP) is 3.19. The zero-order valence-electron chi connectivity index (χ0n) is 20.5. The Bertz CT molecular complexity index is 1250. The maximum atomic E-state index is 5.38. The normalized spacial score (nSPS) is 13.5. The van der Waals surface area contributed by atoms with Crippen molar-refractivity contribution in [2.45, 2.75) is 12.8 Å². The molecule has 1 saturated heterocycles. The smallest absolute Gasteiger partial charge is 0.228 e. The summed E-state index contributed by atoms with van der Waals surface area (Å²) in [5.74, 6) is 3.63. The molecule has 5 rings (SSSR count). The summed E-state index contributed by atoms with van der Waals surface area (Å²) in [7, 11) is 3.28. The Hall–Kier alpha value is -4.27. The molecule has 4 aromatic rings. The van der Waals surface area contributed by atoms with Crippen LogP contribution in [0, 0.1) is 0 Å². The average Bonchev–Trinajstić information content (AvgIpc) is 2.94. The van der Waals surface area contributed by atoms with Gasteiger partial charge in [-0.15, -0.1) is 0 Å². The third-order valence-corrected chi connectivity index (χ3v) is 6.17. The number of piperazine rings is 1. The molecule has 1 aliphatic heterocycles. The summed E-state index contributed by atoms with van der Waals surface area (Å²) in [5, 5.41) is 0. The SMILES string of the molecule is COc1cc(Cc2ncnc(N3CCN(c4ncc(Cc5ccccc5)cn4)CC3)n2)cc(OC)c1. The lowest BCUT2D eigenvalue weighted by Crippen LogP contribution is -2.47. The van der Waals surface area contributed by atoms with Gasteiger partial charge in [0.25, 0.3) is 0 Å². The second-order valence-corrected chi connectivity index (χ2v) is 8.63. The fourth-order valence-corrected chi connectivity index (χ4v) is 4.25. The van der Waals surface area contributed by atoms with Gasteiger partial charge in [0, 0.05) is 57.5 Å². The van der Waals surface area contributed by atoms with Gasteiger partial charge in [-0.05, 0) is 28.8 Å². The largest absolute Gasteiger partial charge is 0.497 e. The van der Waals surface area contributed by atoms with E-state index in [1.807, 2.05) is 36.7 Å². The first-order chi connectivity index (χ1) is 17.7. The lowest BCUT2D eigenvalue weighted by Gasteiger charge is -2.34. The molecule has 0 aliphatic carbocycles. The number of benzene rings is 2. The number of anilines is 2. The molecule has 9 heteroatoms. The third-order valence-electron chi connectivity index (χ3n) is 6.17. The van der Waals surface area contributed by atoms with Gasteiger partial charge >= 0.3 is 0 Å². The van der Waals surface area contributed by atoms with Crippen molar-refractivity contribution >= 4 is 11.9 Å². The second-order valence-electron chi connectivity index (χ2n) is 8.63. The molecule has 9 nitrogen and oxygen atoms in total. The van der Waals surface area contributed by atoms with Crippen molar-refractivity contribution in [1.82, 2.24) is 24.9 Å². The first-order valence-corrected chi connectivity index (χ1v) is 11.9. The van der Waals surface area contributed by atoms with Gasteiger partial charge in [-0.1, -0.05) is 30.3 Å². The minimum atomic E-state index is 0.562. The number of hydrogen-bond donors (Lipinski definition) is 0. The molecule has 3 heterocycles. The summed E-state index contributed by atoms with van der Waals surface area (Å²) in [6.07, 6.45) is 6.82. The Morgan fingerprint density at radius 3 is 1.94 bits per heavy atom. The van der Waals surface area contributed by atoms with Crippen LogP contribution < -0.4 is 19.3 Å². The summed E-state index contributed by atoms with van der Waals surface area (Å²) < 4.78 is 10.8. The highest BCUT2D eigenvalue weighted by Crippen LogP contribution is 2.24. The van der Waals surface area contributed by atoms with E-state index in [2.05, 4.69) is 54.0 Å². The summed E-state index contributed by atoms with van der Waals surface area (Å²) in [6, 6.07) is 16.2. The van der Waals surface area contributed by atoms with Crippen LogP contribution in [-0.2, 0) is 12.8 Å². The average molecular weight is 484 g/mol. The van der Waals surface area contributed by atoms with Crippen LogP contribution in [0.1, 0.15) is 22.5 Å². The van der Waals surface area contributed by atoms with E-state index in [9.17, 15) is 0 Å². The zero-order valence-corrected chi connectivity index (χ0v) is 20.5. The highest BCUT2D eigenvalue weighted by atomic mass is 16.5. The molecule has 1 fully saturated rings. The van der Waals surface area contributed by atoms with Crippen molar-refractivity contribution in [2.24, 2.45) is 0 Å². The molecule has 0 spiro atoms. The van der Waals surface area contributed by atoms with Gasteiger partial charge in [0.1, 0.15) is 23.7 Å². The third kappa shape index (κ3) is 5.68. The molecule has 0 atom stereocenters. The minimum Gasteiger partial charge on any atom is -0.497 e. The number of methoxy groups -OCH3 is 2. The lowest BCUT2D eigenvalue weighted by atomic mass is 10.1. The molecule has 0 N–H and O–H groups in total. The fraction of sp³-hybridized carbons (Fsp3) is 0.296. The maximum Gasteiger partial charge on any atom is 0.228 e. The van der Waals surface area contributed by atoms with Crippen molar-refractivity contribution in [3.05, 3.63) is 89.8 Å². The van der Waals surface area contributed by atoms with Crippen molar-refractivity contribution in [1.29, 1.82) is 0 Å². The van der Waals surface area contributed by atoms with Gasteiger partial charge in [0.15, 0.2) is 0 Å². The topological polar surface area (TPSA) is 89.4 Å². The van der Waals surface area contributed by atoms with Gasteiger partial charge in [0.2, 0.25) is 11.9 Å². The first kappa shape index (κ1) is 23.5. The van der Waals surface area contributed by atoms with E-state index in [1.165, 1.54) is 5.56 Å². The monoisotopic (exact) mass is 483 g/mol. The van der Waals surface area contributed by atoms with E-state index in [-0.39, 0.29) is 0 Å². The molecule has 0 amide bonds. The molecule has 0 radical (unpaired) electrons. The van der Waals surface area contributed by atoms with Crippen LogP contribution in [0.4, 0.5) is 11.9 Å². The van der Waals surface area contributed by atoms with Gasteiger partial charge in [-0.25, -0.2) is 19.9 Å². The molecule has 1 aliphatic rings. The maximum absolute atomic E-state index is 5.38. The van der Waals surface area contributed by atoms with E-state index in [0.29, 0.717) is 18.2 Å². The van der Waals surface area contributed by atoms with Gasteiger partial charge in [0.05, 0.1) is 14.2 Å². The molecule has 0 saturated carbocycles. The summed E-state index contributed by atoms with van der Waals surface area (Å²) in [4.78, 5) is 27.2. The number of ether oxygens (including phenoxy) is 2. The summed E-state index contributed by atoms with van der Waals surface area (Å²) >= 11 is 0. The van der Waals surface area contributed by atoms with Crippen LogP contribution in [0.15, 0.2) is 67.3 Å². The molecular formula is C27H29N7O2. The Kier molecular flexibility index (Phi) is 7.16. The fourth-order valence-electron chi connectivity index (χ4n) is 4.25. The predicted molar refractivity (Wildman–Crippen MR) is 138 cm³/mol. The zero-order chi connectivity index (χ0) is 24.7. The molecule has 36 heavy (non-hydrogen) atoms. The van der Waals surface area contributed by atoms with Crippen molar-refractivity contribution in [3.63, 3.8) is 0 Å². The number of aromatic nitrogens is 5. The lowest BCUT2D eigenvalue weighted by molar-refractivity contribution is 0.393. The second kappa shape index (κ2) is 11.0. The van der Waals surface area contributed by atoms with Crippen LogP contribution in [-0.4, -0.2) is 65.3 Å². The highest BCUT2D eigenvalue weighted by molar-refractivity contribution is 5.41. The van der Waals surface area contributed by atoms with Crippen LogP contribution in [0.25, 0.3) is 0 Å². The van der Waals surface area contributed by atoms with E-state index in [4.69, 9.17) is 14.5 Å². The van der Waals surface area contributed by atoms with Crippen molar-refractivity contribution in [2.75, 3.05) is 50.2 Å². The quantitative estimate of drug-likeness (QED) is 0.375. The molecule has 2 aromatic heterocycles.